The van der Waals surface area contributed by atoms with Gasteiger partial charge in [-0.3, -0.25) is 13.9 Å². The molecule has 7 nitrogen and oxygen atoms in total. The molecule has 0 aromatic heterocycles. The van der Waals surface area contributed by atoms with Crippen LogP contribution in [0.1, 0.15) is 31.4 Å². The monoisotopic (exact) mass is 617 g/mol. The molecule has 208 valence electrons. The average Bonchev–Trinajstić information content (AvgIpc) is 2.89. The number of rotatable bonds is 12. The quantitative estimate of drug-likeness (QED) is 0.313. The van der Waals surface area contributed by atoms with Crippen molar-refractivity contribution in [2.24, 2.45) is 0 Å². The van der Waals surface area contributed by atoms with Crippen molar-refractivity contribution >= 4 is 43.5 Å². The third kappa shape index (κ3) is 8.90. The van der Waals surface area contributed by atoms with E-state index in [0.717, 1.165) is 38.3 Å². The fraction of sp³-hybridized carbons (Fsp3) is 0.310. The number of nitrogens with zero attached hydrogens (tertiary/aromatic N) is 2. The summed E-state index contributed by atoms with van der Waals surface area (Å²) in [5.74, 6) is -1.42. The molecule has 0 spiro atoms. The van der Waals surface area contributed by atoms with E-state index in [1.54, 1.807) is 0 Å². The third-order valence-electron chi connectivity index (χ3n) is 6.31. The van der Waals surface area contributed by atoms with Gasteiger partial charge in [0.15, 0.2) is 0 Å². The molecule has 0 bridgehead atoms. The molecule has 10 heteroatoms. The van der Waals surface area contributed by atoms with Crippen LogP contribution in [0.3, 0.4) is 0 Å². The van der Waals surface area contributed by atoms with E-state index in [1.165, 1.54) is 17.0 Å². The highest BCUT2D eigenvalue weighted by atomic mass is 79.9. The predicted molar refractivity (Wildman–Crippen MR) is 155 cm³/mol. The van der Waals surface area contributed by atoms with Crippen LogP contribution in [0.5, 0.6) is 0 Å². The summed E-state index contributed by atoms with van der Waals surface area (Å²) in [4.78, 5) is 29.0. The summed E-state index contributed by atoms with van der Waals surface area (Å²) in [5, 5.41) is 2.99. The number of sulfonamides is 1. The Labute approximate surface area is 238 Å². The maximum absolute atomic E-state index is 14.0. The summed E-state index contributed by atoms with van der Waals surface area (Å²) in [6, 6.07) is 20.6. The summed E-state index contributed by atoms with van der Waals surface area (Å²) in [6.07, 6.45) is 1.92. The largest absolute Gasteiger partial charge is 0.352 e. The Morgan fingerprint density at radius 1 is 0.974 bits per heavy atom. The van der Waals surface area contributed by atoms with Gasteiger partial charge in [-0.15, -0.1) is 0 Å². The molecule has 0 fully saturated rings. The molecular weight excluding hydrogens is 585 g/mol. The number of amides is 2. The zero-order valence-electron chi connectivity index (χ0n) is 22.2. The first-order valence-electron chi connectivity index (χ1n) is 12.6. The maximum Gasteiger partial charge on any atom is 0.244 e. The molecule has 0 radical (unpaired) electrons. The van der Waals surface area contributed by atoms with Gasteiger partial charge in [0, 0.05) is 23.5 Å². The van der Waals surface area contributed by atoms with E-state index in [9.17, 15) is 22.4 Å². The molecule has 0 heterocycles. The molecule has 0 saturated heterocycles. The first-order valence-corrected chi connectivity index (χ1v) is 15.2. The van der Waals surface area contributed by atoms with Crippen LogP contribution < -0.4 is 9.62 Å². The Balaban J connectivity index is 2.05. The summed E-state index contributed by atoms with van der Waals surface area (Å²) >= 11 is 3.45. The van der Waals surface area contributed by atoms with Crippen molar-refractivity contribution < 1.29 is 22.4 Å². The highest BCUT2D eigenvalue weighted by Gasteiger charge is 2.33. The van der Waals surface area contributed by atoms with Crippen molar-refractivity contribution in [3.05, 3.63) is 100 Å². The zero-order chi connectivity index (χ0) is 28.6. The minimum atomic E-state index is -3.91. The van der Waals surface area contributed by atoms with Crippen LogP contribution in [0, 0.1) is 5.82 Å². The zero-order valence-corrected chi connectivity index (χ0v) is 24.6. The number of carbonyl (C=O) groups excluding carboxylic acids is 2. The molecule has 3 aromatic rings. The van der Waals surface area contributed by atoms with E-state index >= 15 is 0 Å². The Morgan fingerprint density at radius 2 is 1.62 bits per heavy atom. The van der Waals surface area contributed by atoms with Gasteiger partial charge in [0.1, 0.15) is 18.4 Å². The van der Waals surface area contributed by atoms with Gasteiger partial charge < -0.3 is 10.2 Å². The highest BCUT2D eigenvalue weighted by molar-refractivity contribution is 9.10. The number of hydrogen-bond donors (Lipinski definition) is 1. The van der Waals surface area contributed by atoms with Crippen molar-refractivity contribution in [2.75, 3.05) is 17.1 Å². The minimum Gasteiger partial charge on any atom is -0.352 e. The lowest BCUT2D eigenvalue weighted by molar-refractivity contribution is -0.140. The number of halogens is 2. The van der Waals surface area contributed by atoms with Crippen molar-refractivity contribution in [3.8, 4) is 0 Å². The lowest BCUT2D eigenvalue weighted by Crippen LogP contribution is -2.54. The average molecular weight is 619 g/mol. The standard InChI is InChI=1S/C29H33BrFN3O4S/c1-4-21(2)32-29(36)27(18-22-9-6-5-7-10-22)33(19-23-11-8-12-24(30)17-23)28(35)20-34(39(3,37)38)26-15-13-25(31)14-16-26/h5-17,21,27H,4,18-20H2,1-3H3,(H,32,36)/t21-,27+/m1/s1. The van der Waals surface area contributed by atoms with Crippen LogP contribution in [0.25, 0.3) is 0 Å². The minimum absolute atomic E-state index is 0.0741. The van der Waals surface area contributed by atoms with Gasteiger partial charge in [-0.2, -0.15) is 0 Å². The molecule has 0 saturated carbocycles. The van der Waals surface area contributed by atoms with E-state index < -0.39 is 34.3 Å². The Kier molecular flexibility index (Phi) is 10.7. The molecule has 0 aliphatic heterocycles. The molecule has 2 atom stereocenters. The molecule has 3 rings (SSSR count). The van der Waals surface area contributed by atoms with Gasteiger partial charge in [0.25, 0.3) is 0 Å². The number of nitrogens with one attached hydrogen (secondary N) is 1. The van der Waals surface area contributed by atoms with Gasteiger partial charge in [-0.25, -0.2) is 12.8 Å². The molecule has 0 aliphatic rings. The van der Waals surface area contributed by atoms with E-state index in [4.69, 9.17) is 0 Å². The van der Waals surface area contributed by atoms with E-state index in [2.05, 4.69) is 21.2 Å². The molecule has 39 heavy (non-hydrogen) atoms. The van der Waals surface area contributed by atoms with E-state index in [1.807, 2.05) is 68.4 Å². The van der Waals surface area contributed by atoms with Crippen LogP contribution in [0.4, 0.5) is 10.1 Å². The maximum atomic E-state index is 14.0. The van der Waals surface area contributed by atoms with Gasteiger partial charge in [0.05, 0.1) is 11.9 Å². The fourth-order valence-corrected chi connectivity index (χ4v) is 5.34. The van der Waals surface area contributed by atoms with Crippen LogP contribution >= 0.6 is 15.9 Å². The first kappa shape index (κ1) is 30.3. The van der Waals surface area contributed by atoms with Gasteiger partial charge in [-0.1, -0.05) is 65.3 Å². The van der Waals surface area contributed by atoms with Crippen molar-refractivity contribution in [2.45, 2.75) is 45.3 Å². The molecule has 3 aromatic carbocycles. The SMILES string of the molecule is CC[C@@H](C)NC(=O)[C@H](Cc1ccccc1)N(Cc1cccc(Br)c1)C(=O)CN(c1ccc(F)cc1)S(C)(=O)=O. The lowest BCUT2D eigenvalue weighted by Gasteiger charge is -2.34. The highest BCUT2D eigenvalue weighted by Crippen LogP contribution is 2.22. The first-order chi connectivity index (χ1) is 18.5. The summed E-state index contributed by atoms with van der Waals surface area (Å²) in [6.45, 7) is 3.36. The van der Waals surface area contributed by atoms with Crippen molar-refractivity contribution in [3.63, 3.8) is 0 Å². The smallest absolute Gasteiger partial charge is 0.244 e. The Hall–Kier alpha value is -3.24. The van der Waals surface area contributed by atoms with Crippen LogP contribution in [-0.4, -0.2) is 50.0 Å². The molecule has 0 unspecified atom stereocenters. The summed E-state index contributed by atoms with van der Waals surface area (Å²) in [5.41, 5.74) is 1.77. The Morgan fingerprint density at radius 3 is 2.21 bits per heavy atom. The Bertz CT molecular complexity index is 1370. The van der Waals surface area contributed by atoms with Gasteiger partial charge >= 0.3 is 0 Å². The van der Waals surface area contributed by atoms with E-state index in [-0.39, 0.29) is 30.6 Å². The normalized spacial score (nSPS) is 12.8. The van der Waals surface area contributed by atoms with Crippen LogP contribution in [0.2, 0.25) is 0 Å². The van der Waals surface area contributed by atoms with Crippen LogP contribution in [0.15, 0.2) is 83.3 Å². The number of anilines is 1. The van der Waals surface area contributed by atoms with Crippen molar-refractivity contribution in [1.29, 1.82) is 0 Å². The molecule has 2 amide bonds. The van der Waals surface area contributed by atoms with E-state index in [0.29, 0.717) is 6.42 Å². The van der Waals surface area contributed by atoms with Crippen LogP contribution in [-0.2, 0) is 32.6 Å². The van der Waals surface area contributed by atoms with Gasteiger partial charge in [0.2, 0.25) is 21.8 Å². The second kappa shape index (κ2) is 13.7. The molecular formula is C29H33BrFN3O4S. The van der Waals surface area contributed by atoms with Gasteiger partial charge in [-0.05, 0) is 60.9 Å². The summed E-state index contributed by atoms with van der Waals surface area (Å²) < 4.78 is 40.8. The third-order valence-corrected chi connectivity index (χ3v) is 7.94. The number of hydrogen-bond acceptors (Lipinski definition) is 4. The second-order valence-corrected chi connectivity index (χ2v) is 12.2. The number of benzene rings is 3. The fourth-order valence-electron chi connectivity index (χ4n) is 4.05. The predicted octanol–water partition coefficient (Wildman–Crippen LogP) is 4.91. The molecule has 0 aliphatic carbocycles. The second-order valence-electron chi connectivity index (χ2n) is 9.42. The summed E-state index contributed by atoms with van der Waals surface area (Å²) in [7, 11) is -3.91. The topological polar surface area (TPSA) is 86.8 Å². The lowest BCUT2D eigenvalue weighted by atomic mass is 10.0. The number of carbonyl (C=O) groups is 2. The molecule has 1 N–H and O–H groups in total. The van der Waals surface area contributed by atoms with Crippen molar-refractivity contribution in [1.82, 2.24) is 10.2 Å².